The van der Waals surface area contributed by atoms with Gasteiger partial charge in [-0.2, -0.15) is 4.31 Å². The zero-order chi connectivity index (χ0) is 16.9. The minimum absolute atomic E-state index is 0.0594. The summed E-state index contributed by atoms with van der Waals surface area (Å²) in [4.78, 5) is 12.9. The molecule has 24 heavy (non-hydrogen) atoms. The summed E-state index contributed by atoms with van der Waals surface area (Å²) in [5, 5.41) is 0.948. The van der Waals surface area contributed by atoms with Gasteiger partial charge in [0.1, 0.15) is 0 Å². The van der Waals surface area contributed by atoms with E-state index in [1.165, 1.54) is 15.1 Å². The lowest BCUT2D eigenvalue weighted by Crippen LogP contribution is -2.37. The van der Waals surface area contributed by atoms with Crippen LogP contribution in [-0.2, 0) is 30.0 Å². The highest BCUT2D eigenvalue weighted by Gasteiger charge is 2.31. The summed E-state index contributed by atoms with van der Waals surface area (Å²) >= 11 is 3.40. The minimum atomic E-state index is -3.62. The van der Waals surface area contributed by atoms with Gasteiger partial charge in [0.2, 0.25) is 5.16 Å². The van der Waals surface area contributed by atoms with Crippen LogP contribution in [0.15, 0.2) is 40.4 Å². The van der Waals surface area contributed by atoms with Crippen LogP contribution in [0.2, 0.25) is 0 Å². The fourth-order valence-corrected chi connectivity index (χ4v) is 4.73. The lowest BCUT2D eigenvalue weighted by molar-refractivity contribution is 0.382. The molecule has 0 spiro atoms. The highest BCUT2D eigenvalue weighted by molar-refractivity contribution is 9.10. The van der Waals surface area contributed by atoms with Gasteiger partial charge in [-0.3, -0.25) is 0 Å². The lowest BCUT2D eigenvalue weighted by atomic mass is 10.1. The molecule has 0 fully saturated rings. The quantitative estimate of drug-likeness (QED) is 0.647. The minimum Gasteiger partial charge on any atom is -0.324 e. The van der Waals surface area contributed by atoms with E-state index < -0.39 is 10.0 Å². The number of nitrogens with zero attached hydrogens (tertiary/aromatic N) is 5. The molecule has 3 aromatic heterocycles. The van der Waals surface area contributed by atoms with Gasteiger partial charge in [0.05, 0.1) is 0 Å². The molecule has 0 unspecified atom stereocenters. The predicted molar refractivity (Wildman–Crippen MR) is 91.7 cm³/mol. The van der Waals surface area contributed by atoms with E-state index in [1.807, 2.05) is 12.1 Å². The maximum Gasteiger partial charge on any atom is 0.277 e. The van der Waals surface area contributed by atoms with Crippen LogP contribution in [-0.4, -0.2) is 38.8 Å². The molecule has 0 atom stereocenters. The van der Waals surface area contributed by atoms with Crippen LogP contribution in [0.25, 0.3) is 11.0 Å². The van der Waals surface area contributed by atoms with Crippen molar-refractivity contribution in [2.45, 2.75) is 18.1 Å². The van der Waals surface area contributed by atoms with Gasteiger partial charge in [-0.25, -0.2) is 23.4 Å². The van der Waals surface area contributed by atoms with Gasteiger partial charge in [-0.05, 0) is 33.6 Å². The van der Waals surface area contributed by atoms with Gasteiger partial charge < -0.3 is 4.57 Å². The van der Waals surface area contributed by atoms with Crippen molar-refractivity contribution in [2.75, 3.05) is 6.54 Å². The summed E-state index contributed by atoms with van der Waals surface area (Å²) in [6, 6.07) is 3.90. The molecule has 3 aromatic rings. The predicted octanol–water partition coefficient (Wildman–Crippen LogP) is 1.87. The summed E-state index contributed by atoms with van der Waals surface area (Å²) in [6.07, 6.45) is 5.39. The number of pyridine rings is 2. The Morgan fingerprint density at radius 3 is 2.83 bits per heavy atom. The molecule has 0 radical (unpaired) electrons. The van der Waals surface area contributed by atoms with Gasteiger partial charge in [0.15, 0.2) is 5.65 Å². The Labute approximate surface area is 147 Å². The molecule has 0 amide bonds. The Balaban J connectivity index is 1.74. The number of aromatic nitrogens is 4. The summed E-state index contributed by atoms with van der Waals surface area (Å²) in [7, 11) is -1.94. The van der Waals surface area contributed by atoms with Crippen molar-refractivity contribution in [2.24, 2.45) is 7.05 Å². The van der Waals surface area contributed by atoms with Crippen LogP contribution in [0.4, 0.5) is 0 Å². The third-order valence-corrected chi connectivity index (χ3v) is 6.38. The Morgan fingerprint density at radius 1 is 1.25 bits per heavy atom. The van der Waals surface area contributed by atoms with E-state index in [-0.39, 0.29) is 5.16 Å². The van der Waals surface area contributed by atoms with E-state index in [0.29, 0.717) is 25.2 Å². The van der Waals surface area contributed by atoms with Crippen molar-refractivity contribution >= 4 is 37.0 Å². The number of sulfonamides is 1. The zero-order valence-corrected chi connectivity index (χ0v) is 15.2. The molecule has 0 aromatic carbocycles. The highest BCUT2D eigenvalue weighted by atomic mass is 79.9. The van der Waals surface area contributed by atoms with E-state index in [1.54, 1.807) is 19.4 Å². The van der Waals surface area contributed by atoms with E-state index in [4.69, 9.17) is 0 Å². The maximum atomic E-state index is 12.8. The van der Waals surface area contributed by atoms with Crippen LogP contribution in [0.1, 0.15) is 11.3 Å². The number of imidazole rings is 1. The molecular weight excluding hydrogens is 394 g/mol. The first kappa shape index (κ1) is 15.7. The smallest absolute Gasteiger partial charge is 0.277 e. The first-order valence-electron chi connectivity index (χ1n) is 7.37. The van der Waals surface area contributed by atoms with Crippen LogP contribution in [0.3, 0.4) is 0 Å². The Morgan fingerprint density at radius 2 is 2.08 bits per heavy atom. The molecule has 9 heteroatoms. The molecule has 0 saturated carbocycles. The SMILES string of the molecule is Cn1ccnc1S(=O)(=O)N1CCc2nc3ncc(Br)cc3cc2C1. The fourth-order valence-electron chi connectivity index (χ4n) is 2.89. The van der Waals surface area contributed by atoms with E-state index in [9.17, 15) is 8.42 Å². The van der Waals surface area contributed by atoms with E-state index in [2.05, 4.69) is 30.9 Å². The zero-order valence-electron chi connectivity index (χ0n) is 12.8. The summed E-state index contributed by atoms with van der Waals surface area (Å²) in [6.45, 7) is 0.678. The van der Waals surface area contributed by atoms with Crippen molar-refractivity contribution in [3.8, 4) is 0 Å². The number of hydrogen-bond donors (Lipinski definition) is 0. The van der Waals surface area contributed by atoms with Crippen molar-refractivity contribution in [1.29, 1.82) is 0 Å². The Hall–Kier alpha value is -1.84. The largest absolute Gasteiger partial charge is 0.324 e. The first-order valence-corrected chi connectivity index (χ1v) is 9.60. The molecule has 0 aliphatic carbocycles. The second-order valence-corrected chi connectivity index (χ2v) is 8.45. The molecule has 124 valence electrons. The number of aryl methyl sites for hydroxylation is 1. The standard InChI is InChI=1S/C15H14BrN5O2S/c1-20-5-3-17-15(20)24(22,23)21-4-2-13-11(9-21)6-10-7-12(16)8-18-14(10)19-13/h3,5-8H,2,4,9H2,1H3. The van der Waals surface area contributed by atoms with Crippen LogP contribution in [0, 0.1) is 0 Å². The van der Waals surface area contributed by atoms with E-state index >= 15 is 0 Å². The average molecular weight is 408 g/mol. The maximum absolute atomic E-state index is 12.8. The van der Waals surface area contributed by atoms with Crippen LogP contribution in [0.5, 0.6) is 0 Å². The molecule has 0 N–H and O–H groups in total. The van der Waals surface area contributed by atoms with Crippen LogP contribution < -0.4 is 0 Å². The number of fused-ring (bicyclic) bond motifs is 2. The molecule has 1 aliphatic heterocycles. The summed E-state index contributed by atoms with van der Waals surface area (Å²) in [5.74, 6) is 0. The van der Waals surface area contributed by atoms with Crippen LogP contribution >= 0.6 is 15.9 Å². The van der Waals surface area contributed by atoms with Crippen molar-refractivity contribution in [1.82, 2.24) is 23.8 Å². The Kier molecular flexibility index (Phi) is 3.66. The average Bonchev–Trinajstić information content (AvgIpc) is 2.99. The Bertz CT molecular complexity index is 1050. The fraction of sp³-hybridized carbons (Fsp3) is 0.267. The van der Waals surface area contributed by atoms with Gasteiger partial charge in [-0.15, -0.1) is 0 Å². The van der Waals surface area contributed by atoms with Gasteiger partial charge in [0.25, 0.3) is 10.0 Å². The second kappa shape index (κ2) is 5.61. The normalized spacial score (nSPS) is 15.6. The number of rotatable bonds is 2. The molecule has 1 aliphatic rings. The van der Waals surface area contributed by atoms with Crippen molar-refractivity contribution in [3.05, 3.63) is 46.5 Å². The summed E-state index contributed by atoms with van der Waals surface area (Å²) in [5.41, 5.74) is 2.49. The topological polar surface area (TPSA) is 81.0 Å². The third-order valence-electron chi connectivity index (χ3n) is 4.10. The molecule has 4 heterocycles. The molecule has 4 rings (SSSR count). The first-order chi connectivity index (χ1) is 11.4. The molecule has 0 saturated heterocycles. The van der Waals surface area contributed by atoms with E-state index in [0.717, 1.165) is 21.1 Å². The number of hydrogen-bond acceptors (Lipinski definition) is 5. The highest BCUT2D eigenvalue weighted by Crippen LogP contribution is 2.26. The lowest BCUT2D eigenvalue weighted by Gasteiger charge is -2.27. The summed E-state index contributed by atoms with van der Waals surface area (Å²) < 4.78 is 29.4. The molecule has 0 bridgehead atoms. The second-order valence-electron chi connectivity index (χ2n) is 5.70. The third kappa shape index (κ3) is 2.52. The number of halogens is 1. The molecule has 7 nitrogen and oxygen atoms in total. The monoisotopic (exact) mass is 407 g/mol. The van der Waals surface area contributed by atoms with Gasteiger partial charge in [-0.1, -0.05) is 0 Å². The van der Waals surface area contributed by atoms with Gasteiger partial charge >= 0.3 is 0 Å². The van der Waals surface area contributed by atoms with Crippen molar-refractivity contribution in [3.63, 3.8) is 0 Å². The van der Waals surface area contributed by atoms with Crippen molar-refractivity contribution < 1.29 is 8.42 Å². The van der Waals surface area contributed by atoms with Gasteiger partial charge in [0, 0.05) is 60.7 Å². The molecular formula is C15H14BrN5O2S.